The number of amides is 2. The molecule has 3 rings (SSSR count). The topological polar surface area (TPSA) is 74.7 Å². The van der Waals surface area contributed by atoms with E-state index in [1.54, 1.807) is 12.1 Å². The number of carbonyl (C=O) groups excluding carboxylic acids is 2. The summed E-state index contributed by atoms with van der Waals surface area (Å²) < 4.78 is 0. The maximum absolute atomic E-state index is 12.5. The molecule has 5 heteroatoms. The Kier molecular flexibility index (Phi) is 3.27. The van der Waals surface area contributed by atoms with E-state index in [-0.39, 0.29) is 29.2 Å². The molecule has 0 aromatic heterocycles. The predicted octanol–water partition coefficient (Wildman–Crippen LogP) is 2.31. The second-order valence-electron chi connectivity index (χ2n) is 6.00. The van der Waals surface area contributed by atoms with Crippen LogP contribution in [0.5, 0.6) is 0 Å². The Labute approximate surface area is 122 Å². The Morgan fingerprint density at radius 1 is 1.19 bits per heavy atom. The van der Waals surface area contributed by atoms with E-state index in [2.05, 4.69) is 6.92 Å². The summed E-state index contributed by atoms with van der Waals surface area (Å²) in [6.07, 6.45) is 2.44. The molecule has 2 fully saturated rings. The minimum atomic E-state index is -1.07. The fourth-order valence-electron chi connectivity index (χ4n) is 3.42. The van der Waals surface area contributed by atoms with Gasteiger partial charge in [0.05, 0.1) is 23.1 Å². The van der Waals surface area contributed by atoms with E-state index in [9.17, 15) is 14.4 Å². The molecular weight excluding hydrogens is 270 g/mol. The van der Waals surface area contributed by atoms with Crippen molar-refractivity contribution in [2.45, 2.75) is 26.2 Å². The summed E-state index contributed by atoms with van der Waals surface area (Å²) in [6, 6.07) is 6.01. The Hall–Kier alpha value is -2.17. The van der Waals surface area contributed by atoms with Crippen molar-refractivity contribution in [3.63, 3.8) is 0 Å². The van der Waals surface area contributed by atoms with E-state index in [4.69, 9.17) is 5.11 Å². The van der Waals surface area contributed by atoms with Gasteiger partial charge in [-0.3, -0.25) is 14.5 Å². The lowest BCUT2D eigenvalue weighted by Crippen LogP contribution is -2.31. The molecule has 110 valence electrons. The van der Waals surface area contributed by atoms with Gasteiger partial charge in [-0.15, -0.1) is 0 Å². The Bertz CT molecular complexity index is 624. The van der Waals surface area contributed by atoms with E-state index < -0.39 is 5.97 Å². The monoisotopic (exact) mass is 287 g/mol. The molecule has 1 aromatic carbocycles. The normalized spacial score (nSPS) is 28.6. The molecular formula is C16H17NO4. The minimum absolute atomic E-state index is 0.0799. The van der Waals surface area contributed by atoms with Gasteiger partial charge >= 0.3 is 5.97 Å². The number of fused-ring (bicyclic) bond motifs is 1. The van der Waals surface area contributed by atoms with Crippen LogP contribution >= 0.6 is 0 Å². The number of anilines is 1. The molecule has 5 nitrogen and oxygen atoms in total. The van der Waals surface area contributed by atoms with E-state index >= 15 is 0 Å². The highest BCUT2D eigenvalue weighted by Crippen LogP contribution is 2.42. The Balaban J connectivity index is 1.95. The molecule has 1 saturated heterocycles. The van der Waals surface area contributed by atoms with Crippen LogP contribution in [0.15, 0.2) is 24.3 Å². The van der Waals surface area contributed by atoms with Crippen molar-refractivity contribution >= 4 is 23.5 Å². The molecule has 1 N–H and O–H groups in total. The third-order valence-corrected chi connectivity index (χ3v) is 4.54. The number of benzene rings is 1. The lowest BCUT2D eigenvalue weighted by Gasteiger charge is -2.25. The van der Waals surface area contributed by atoms with E-state index in [1.165, 1.54) is 17.0 Å². The molecule has 1 aromatic rings. The minimum Gasteiger partial charge on any atom is -0.478 e. The highest BCUT2D eigenvalue weighted by molar-refractivity contribution is 6.22. The molecule has 2 amide bonds. The van der Waals surface area contributed by atoms with Crippen LogP contribution in [0.25, 0.3) is 0 Å². The van der Waals surface area contributed by atoms with Gasteiger partial charge in [-0.2, -0.15) is 0 Å². The van der Waals surface area contributed by atoms with Crippen LogP contribution in [0.1, 0.15) is 36.5 Å². The average molecular weight is 287 g/mol. The van der Waals surface area contributed by atoms with E-state index in [1.807, 2.05) is 0 Å². The molecule has 1 saturated carbocycles. The summed E-state index contributed by atoms with van der Waals surface area (Å²) in [5.41, 5.74) is 0.447. The second kappa shape index (κ2) is 4.98. The molecule has 2 aliphatic rings. The lowest BCUT2D eigenvalue weighted by atomic mass is 9.76. The first-order valence-corrected chi connectivity index (χ1v) is 7.20. The van der Waals surface area contributed by atoms with Crippen molar-refractivity contribution in [3.8, 4) is 0 Å². The maximum atomic E-state index is 12.5. The summed E-state index contributed by atoms with van der Waals surface area (Å²) in [7, 11) is 0. The van der Waals surface area contributed by atoms with Gasteiger partial charge < -0.3 is 5.11 Å². The SMILES string of the molecule is C[C@@H]1CC[C@@H]2C(=O)N(c3cccc(C(=O)O)c3)C(=O)[C@H]2C1. The van der Waals surface area contributed by atoms with Gasteiger partial charge in [0.15, 0.2) is 0 Å². The first-order valence-electron chi connectivity index (χ1n) is 7.20. The van der Waals surface area contributed by atoms with Crippen molar-refractivity contribution in [3.05, 3.63) is 29.8 Å². The summed E-state index contributed by atoms with van der Waals surface area (Å²) in [6.45, 7) is 2.10. The number of hydrogen-bond donors (Lipinski definition) is 1. The van der Waals surface area contributed by atoms with Crippen molar-refractivity contribution in [1.82, 2.24) is 0 Å². The lowest BCUT2D eigenvalue weighted by molar-refractivity contribution is -0.122. The number of aromatic carboxylic acids is 1. The molecule has 21 heavy (non-hydrogen) atoms. The summed E-state index contributed by atoms with van der Waals surface area (Å²) >= 11 is 0. The molecule has 0 bridgehead atoms. The quantitative estimate of drug-likeness (QED) is 0.847. The van der Waals surface area contributed by atoms with Gasteiger partial charge in [0, 0.05) is 0 Å². The Morgan fingerprint density at radius 2 is 1.90 bits per heavy atom. The average Bonchev–Trinajstić information content (AvgIpc) is 2.70. The number of nitrogens with zero attached hydrogens (tertiary/aromatic N) is 1. The number of carboxylic acid groups (broad SMARTS) is 1. The zero-order valence-electron chi connectivity index (χ0n) is 11.8. The molecule has 0 unspecified atom stereocenters. The second-order valence-corrected chi connectivity index (χ2v) is 6.00. The maximum Gasteiger partial charge on any atom is 0.335 e. The van der Waals surface area contributed by atoms with Crippen molar-refractivity contribution in [1.29, 1.82) is 0 Å². The molecule has 3 atom stereocenters. The van der Waals surface area contributed by atoms with E-state index in [0.29, 0.717) is 11.6 Å². The highest BCUT2D eigenvalue weighted by atomic mass is 16.4. The molecule has 1 heterocycles. The molecule has 0 spiro atoms. The van der Waals surface area contributed by atoms with Crippen LogP contribution in [-0.2, 0) is 9.59 Å². The first kappa shape index (κ1) is 13.8. The predicted molar refractivity (Wildman–Crippen MR) is 75.9 cm³/mol. The Morgan fingerprint density at radius 3 is 2.62 bits per heavy atom. The fourth-order valence-corrected chi connectivity index (χ4v) is 3.42. The van der Waals surface area contributed by atoms with Crippen LogP contribution in [0, 0.1) is 17.8 Å². The van der Waals surface area contributed by atoms with Crippen LogP contribution in [0.3, 0.4) is 0 Å². The largest absolute Gasteiger partial charge is 0.478 e. The number of carbonyl (C=O) groups is 3. The van der Waals surface area contributed by atoms with Crippen LogP contribution < -0.4 is 4.90 Å². The number of hydrogen-bond acceptors (Lipinski definition) is 3. The van der Waals surface area contributed by atoms with Gasteiger partial charge in [0.2, 0.25) is 11.8 Å². The number of rotatable bonds is 2. The molecule has 1 aliphatic heterocycles. The summed E-state index contributed by atoms with van der Waals surface area (Å²) in [4.78, 5) is 37.2. The number of carboxylic acids is 1. The van der Waals surface area contributed by atoms with Crippen molar-refractivity contribution in [2.24, 2.45) is 17.8 Å². The number of imide groups is 1. The standard InChI is InChI=1S/C16H17NO4/c1-9-5-6-12-13(7-9)15(19)17(14(12)18)11-4-2-3-10(8-11)16(20)21/h2-4,8-9,12-13H,5-7H2,1H3,(H,20,21)/t9-,12+,13+/m1/s1. The van der Waals surface area contributed by atoms with Gasteiger partial charge in [-0.1, -0.05) is 13.0 Å². The summed E-state index contributed by atoms with van der Waals surface area (Å²) in [5.74, 6) is -1.45. The summed E-state index contributed by atoms with van der Waals surface area (Å²) in [5, 5.41) is 9.04. The van der Waals surface area contributed by atoms with Crippen LogP contribution in [0.4, 0.5) is 5.69 Å². The third-order valence-electron chi connectivity index (χ3n) is 4.54. The fraction of sp³-hybridized carbons (Fsp3) is 0.438. The van der Waals surface area contributed by atoms with Crippen LogP contribution in [-0.4, -0.2) is 22.9 Å². The van der Waals surface area contributed by atoms with Gasteiger partial charge in [-0.05, 0) is 43.4 Å². The van der Waals surface area contributed by atoms with Crippen molar-refractivity contribution < 1.29 is 19.5 Å². The molecule has 1 aliphatic carbocycles. The first-order chi connectivity index (χ1) is 9.99. The van der Waals surface area contributed by atoms with Gasteiger partial charge in [0.1, 0.15) is 0 Å². The zero-order chi connectivity index (χ0) is 15.1. The third kappa shape index (κ3) is 2.22. The van der Waals surface area contributed by atoms with Gasteiger partial charge in [0.25, 0.3) is 0 Å². The highest BCUT2D eigenvalue weighted by Gasteiger charge is 2.49. The van der Waals surface area contributed by atoms with Crippen LogP contribution in [0.2, 0.25) is 0 Å². The van der Waals surface area contributed by atoms with Gasteiger partial charge in [-0.25, -0.2) is 4.79 Å². The smallest absolute Gasteiger partial charge is 0.335 e. The zero-order valence-corrected chi connectivity index (χ0v) is 11.8. The molecule has 0 radical (unpaired) electrons. The van der Waals surface area contributed by atoms with E-state index in [0.717, 1.165) is 19.3 Å². The van der Waals surface area contributed by atoms with Crippen molar-refractivity contribution in [2.75, 3.05) is 4.90 Å².